The van der Waals surface area contributed by atoms with Crippen molar-refractivity contribution in [2.45, 2.75) is 38.8 Å². The van der Waals surface area contributed by atoms with E-state index in [1.807, 2.05) is 6.92 Å². The summed E-state index contributed by atoms with van der Waals surface area (Å²) in [7, 11) is 0. The lowest BCUT2D eigenvalue weighted by Crippen LogP contribution is -2.33. The Morgan fingerprint density at radius 1 is 1.50 bits per heavy atom. The van der Waals surface area contributed by atoms with Crippen LogP contribution < -0.4 is 16.2 Å². The molecule has 1 aromatic rings. The minimum Gasteiger partial charge on any atom is -0.477 e. The van der Waals surface area contributed by atoms with Crippen LogP contribution in [0.15, 0.2) is 18.2 Å². The Labute approximate surface area is 106 Å². The van der Waals surface area contributed by atoms with E-state index < -0.39 is 17.8 Å². The summed E-state index contributed by atoms with van der Waals surface area (Å²) in [6, 6.07) is 4.48. The number of hydrogen-bond donors (Lipinski definition) is 2. The minimum atomic E-state index is -0.825. The van der Waals surface area contributed by atoms with E-state index in [2.05, 4.69) is 0 Å². The largest absolute Gasteiger partial charge is 0.477 e. The van der Waals surface area contributed by atoms with Gasteiger partial charge < -0.3 is 16.2 Å². The van der Waals surface area contributed by atoms with Crippen LogP contribution in [0.4, 0.5) is 4.39 Å². The fourth-order valence-electron chi connectivity index (χ4n) is 1.68. The number of rotatable bonds is 6. The molecule has 0 saturated carbocycles. The van der Waals surface area contributed by atoms with Crippen molar-refractivity contribution in [3.8, 4) is 5.75 Å². The van der Waals surface area contributed by atoms with Crippen LogP contribution in [-0.4, -0.2) is 18.1 Å². The molecule has 1 amide bonds. The zero-order chi connectivity index (χ0) is 13.7. The number of amides is 1. The second kappa shape index (κ2) is 6.35. The molecule has 2 atom stereocenters. The monoisotopic (exact) mass is 254 g/mol. The first-order chi connectivity index (χ1) is 8.45. The molecule has 2 unspecified atom stereocenters. The highest BCUT2D eigenvalue weighted by molar-refractivity contribution is 5.79. The van der Waals surface area contributed by atoms with E-state index in [4.69, 9.17) is 16.2 Å². The van der Waals surface area contributed by atoms with Crippen molar-refractivity contribution in [2.75, 3.05) is 0 Å². The number of ether oxygens (including phenoxy) is 1. The molecule has 0 saturated heterocycles. The lowest BCUT2D eigenvalue weighted by Gasteiger charge is -2.18. The molecule has 0 radical (unpaired) electrons. The Bertz CT molecular complexity index is 421. The third-order valence-electron chi connectivity index (χ3n) is 2.54. The van der Waals surface area contributed by atoms with Gasteiger partial charge in [-0.2, -0.15) is 0 Å². The fraction of sp³-hybridized carbons (Fsp3) is 0.462. The van der Waals surface area contributed by atoms with Crippen LogP contribution in [0, 0.1) is 5.82 Å². The van der Waals surface area contributed by atoms with Gasteiger partial charge in [-0.25, -0.2) is 4.39 Å². The first kappa shape index (κ1) is 14.4. The van der Waals surface area contributed by atoms with Gasteiger partial charge in [0.05, 0.1) is 0 Å². The maximum absolute atomic E-state index is 13.7. The molecule has 0 fully saturated rings. The van der Waals surface area contributed by atoms with Crippen molar-refractivity contribution in [2.24, 2.45) is 11.5 Å². The summed E-state index contributed by atoms with van der Waals surface area (Å²) in [5.41, 5.74) is 11.5. The lowest BCUT2D eigenvalue weighted by atomic mass is 10.1. The van der Waals surface area contributed by atoms with E-state index in [0.29, 0.717) is 18.4 Å². The van der Waals surface area contributed by atoms with Crippen LogP contribution in [0.25, 0.3) is 0 Å². The van der Waals surface area contributed by atoms with E-state index in [1.54, 1.807) is 19.1 Å². The van der Waals surface area contributed by atoms with Crippen molar-refractivity contribution in [1.82, 2.24) is 0 Å². The van der Waals surface area contributed by atoms with Crippen LogP contribution in [-0.2, 0) is 11.2 Å². The van der Waals surface area contributed by atoms with Gasteiger partial charge in [-0.15, -0.1) is 0 Å². The summed E-state index contributed by atoms with van der Waals surface area (Å²) in [6.45, 7) is 3.57. The van der Waals surface area contributed by atoms with Crippen LogP contribution in [0.5, 0.6) is 5.75 Å². The zero-order valence-corrected chi connectivity index (χ0v) is 10.7. The molecule has 0 heterocycles. The molecule has 1 rings (SSSR count). The van der Waals surface area contributed by atoms with Gasteiger partial charge in [0.15, 0.2) is 17.7 Å². The predicted octanol–water partition coefficient (Wildman–Crippen LogP) is 1.36. The average molecular weight is 254 g/mol. The van der Waals surface area contributed by atoms with E-state index in [1.165, 1.54) is 6.07 Å². The van der Waals surface area contributed by atoms with Crippen molar-refractivity contribution in [3.05, 3.63) is 29.6 Å². The number of para-hydroxylation sites is 1. The van der Waals surface area contributed by atoms with Gasteiger partial charge in [-0.1, -0.05) is 19.1 Å². The molecule has 0 bridgehead atoms. The number of hydrogen-bond acceptors (Lipinski definition) is 3. The Hall–Kier alpha value is -1.62. The lowest BCUT2D eigenvalue weighted by molar-refractivity contribution is -0.124. The highest BCUT2D eigenvalue weighted by atomic mass is 19.1. The summed E-state index contributed by atoms with van der Waals surface area (Å²) in [6.07, 6.45) is 0.0394. The molecule has 4 nitrogen and oxygen atoms in total. The van der Waals surface area contributed by atoms with Crippen LogP contribution in [0.1, 0.15) is 25.8 Å². The molecule has 1 aromatic carbocycles. The molecule has 0 aliphatic heterocycles. The number of primary amides is 1. The molecule has 0 aliphatic rings. The third kappa shape index (κ3) is 3.70. The zero-order valence-electron chi connectivity index (χ0n) is 10.7. The maximum atomic E-state index is 13.7. The minimum absolute atomic E-state index is 0.0699. The summed E-state index contributed by atoms with van der Waals surface area (Å²) in [5.74, 6) is -1.04. The molecule has 0 aromatic heterocycles. The summed E-state index contributed by atoms with van der Waals surface area (Å²) in [4.78, 5) is 11.1. The number of benzene rings is 1. The predicted molar refractivity (Wildman–Crippen MR) is 67.7 cm³/mol. The number of carbonyl (C=O) groups is 1. The van der Waals surface area contributed by atoms with Crippen molar-refractivity contribution in [1.29, 1.82) is 0 Å². The van der Waals surface area contributed by atoms with Crippen molar-refractivity contribution >= 4 is 5.91 Å². The fourth-order valence-corrected chi connectivity index (χ4v) is 1.68. The van der Waals surface area contributed by atoms with E-state index in [-0.39, 0.29) is 11.8 Å². The molecule has 0 spiro atoms. The van der Waals surface area contributed by atoms with Crippen LogP contribution in [0.3, 0.4) is 0 Å². The maximum Gasteiger partial charge on any atom is 0.258 e. The molecule has 4 N–H and O–H groups in total. The molecule has 18 heavy (non-hydrogen) atoms. The normalized spacial score (nSPS) is 14.0. The van der Waals surface area contributed by atoms with Gasteiger partial charge in [0.25, 0.3) is 5.91 Å². The molecule has 0 aliphatic carbocycles. The van der Waals surface area contributed by atoms with E-state index >= 15 is 0 Å². The van der Waals surface area contributed by atoms with Gasteiger partial charge >= 0.3 is 0 Å². The van der Waals surface area contributed by atoms with Gasteiger partial charge in [-0.05, 0) is 31.4 Å². The summed E-state index contributed by atoms with van der Waals surface area (Å²) >= 11 is 0. The molecular weight excluding hydrogens is 235 g/mol. The van der Waals surface area contributed by atoms with E-state index in [9.17, 15) is 9.18 Å². The Kier molecular flexibility index (Phi) is 5.09. The first-order valence-corrected chi connectivity index (χ1v) is 5.94. The standard InChI is InChI=1S/C13H19FN2O2/c1-3-11(13(16)17)18-12-9(7-8(2)15)5-4-6-10(12)14/h4-6,8,11H,3,7,15H2,1-2H3,(H2,16,17). The second-order valence-corrected chi connectivity index (χ2v) is 4.33. The number of nitrogens with two attached hydrogens (primary N) is 2. The van der Waals surface area contributed by atoms with Gasteiger partial charge in [0.1, 0.15) is 0 Å². The first-order valence-electron chi connectivity index (χ1n) is 5.94. The molecule has 100 valence electrons. The van der Waals surface area contributed by atoms with E-state index in [0.717, 1.165) is 0 Å². The van der Waals surface area contributed by atoms with Crippen LogP contribution >= 0.6 is 0 Å². The van der Waals surface area contributed by atoms with Crippen LogP contribution in [0.2, 0.25) is 0 Å². The number of halogens is 1. The topological polar surface area (TPSA) is 78.3 Å². The summed E-state index contributed by atoms with van der Waals surface area (Å²) < 4.78 is 19.1. The summed E-state index contributed by atoms with van der Waals surface area (Å²) in [5, 5.41) is 0. The smallest absolute Gasteiger partial charge is 0.258 e. The Balaban J connectivity index is 3.01. The second-order valence-electron chi connectivity index (χ2n) is 4.33. The molecular formula is C13H19FN2O2. The number of carbonyl (C=O) groups excluding carboxylic acids is 1. The SMILES string of the molecule is CCC(Oc1c(F)cccc1CC(C)N)C(N)=O. The average Bonchev–Trinajstić information content (AvgIpc) is 2.27. The third-order valence-corrected chi connectivity index (χ3v) is 2.54. The highest BCUT2D eigenvalue weighted by Gasteiger charge is 2.19. The van der Waals surface area contributed by atoms with Gasteiger partial charge in [0.2, 0.25) is 0 Å². The van der Waals surface area contributed by atoms with Crippen molar-refractivity contribution < 1.29 is 13.9 Å². The highest BCUT2D eigenvalue weighted by Crippen LogP contribution is 2.25. The quantitative estimate of drug-likeness (QED) is 0.804. The molecule has 5 heteroatoms. The Morgan fingerprint density at radius 3 is 2.67 bits per heavy atom. The van der Waals surface area contributed by atoms with Gasteiger partial charge in [0, 0.05) is 6.04 Å². The Morgan fingerprint density at radius 2 is 2.17 bits per heavy atom. The van der Waals surface area contributed by atoms with Crippen molar-refractivity contribution in [3.63, 3.8) is 0 Å². The van der Waals surface area contributed by atoms with Gasteiger partial charge in [-0.3, -0.25) is 4.79 Å².